The summed E-state index contributed by atoms with van der Waals surface area (Å²) in [6.07, 6.45) is 2.86. The van der Waals surface area contributed by atoms with Crippen molar-refractivity contribution >= 4 is 21.5 Å². The van der Waals surface area contributed by atoms with Crippen LogP contribution in [0.2, 0.25) is 0 Å². The van der Waals surface area contributed by atoms with E-state index in [-0.39, 0.29) is 0 Å². The molecule has 1 aliphatic heterocycles. The largest absolute Gasteiger partial charge is 0.372 e. The Labute approximate surface area is 118 Å². The van der Waals surface area contributed by atoms with Gasteiger partial charge in [-0.05, 0) is 44.0 Å². The average molecular weight is 310 g/mol. The summed E-state index contributed by atoms with van der Waals surface area (Å²) in [5, 5.41) is 0. The molecular weight excluding hydrogens is 290 g/mol. The van der Waals surface area contributed by atoms with Crippen molar-refractivity contribution in [1.29, 1.82) is 0 Å². The number of rotatable bonds is 2. The number of hydrogen-bond acceptors (Lipinski definition) is 2. The SMILES string of the molecule is CC(=CN1CC(C)OC(C)C1)c1cccc(Br)c1. The second-order valence-corrected chi connectivity index (χ2v) is 5.95. The maximum absolute atomic E-state index is 5.74. The van der Waals surface area contributed by atoms with Crippen LogP contribution in [0, 0.1) is 0 Å². The molecule has 1 fully saturated rings. The third kappa shape index (κ3) is 3.59. The highest BCUT2D eigenvalue weighted by molar-refractivity contribution is 9.10. The lowest BCUT2D eigenvalue weighted by atomic mass is 10.1. The van der Waals surface area contributed by atoms with Gasteiger partial charge in [-0.2, -0.15) is 0 Å². The van der Waals surface area contributed by atoms with Gasteiger partial charge in [-0.25, -0.2) is 0 Å². The monoisotopic (exact) mass is 309 g/mol. The molecule has 1 aromatic carbocycles. The lowest BCUT2D eigenvalue weighted by Crippen LogP contribution is -2.42. The molecule has 1 aromatic rings. The van der Waals surface area contributed by atoms with Crippen LogP contribution in [0.5, 0.6) is 0 Å². The van der Waals surface area contributed by atoms with Crippen molar-refractivity contribution < 1.29 is 4.74 Å². The van der Waals surface area contributed by atoms with E-state index in [0.29, 0.717) is 12.2 Å². The van der Waals surface area contributed by atoms with Crippen LogP contribution in [0.15, 0.2) is 34.9 Å². The van der Waals surface area contributed by atoms with Crippen LogP contribution in [0.25, 0.3) is 5.57 Å². The molecule has 0 aromatic heterocycles. The fraction of sp³-hybridized carbons (Fsp3) is 0.467. The molecule has 0 amide bonds. The fourth-order valence-corrected chi connectivity index (χ4v) is 2.80. The van der Waals surface area contributed by atoms with Crippen LogP contribution < -0.4 is 0 Å². The summed E-state index contributed by atoms with van der Waals surface area (Å²) < 4.78 is 6.87. The molecule has 2 atom stereocenters. The first-order valence-electron chi connectivity index (χ1n) is 6.38. The smallest absolute Gasteiger partial charge is 0.0726 e. The highest BCUT2D eigenvalue weighted by Gasteiger charge is 2.20. The van der Waals surface area contributed by atoms with Gasteiger partial charge in [-0.1, -0.05) is 28.1 Å². The van der Waals surface area contributed by atoms with E-state index in [1.165, 1.54) is 11.1 Å². The maximum Gasteiger partial charge on any atom is 0.0726 e. The first-order valence-corrected chi connectivity index (χ1v) is 7.18. The van der Waals surface area contributed by atoms with Crippen LogP contribution in [0.4, 0.5) is 0 Å². The summed E-state index contributed by atoms with van der Waals surface area (Å²) in [6.45, 7) is 8.35. The first-order chi connectivity index (χ1) is 8.54. The highest BCUT2D eigenvalue weighted by atomic mass is 79.9. The number of ether oxygens (including phenoxy) is 1. The Morgan fingerprint density at radius 3 is 2.61 bits per heavy atom. The second kappa shape index (κ2) is 5.89. The van der Waals surface area contributed by atoms with Crippen molar-refractivity contribution in [2.24, 2.45) is 0 Å². The predicted octanol–water partition coefficient (Wildman–Crippen LogP) is 3.92. The third-order valence-electron chi connectivity index (χ3n) is 3.10. The number of benzene rings is 1. The molecule has 1 aliphatic rings. The van der Waals surface area contributed by atoms with Gasteiger partial charge in [-0.3, -0.25) is 0 Å². The minimum absolute atomic E-state index is 0.306. The van der Waals surface area contributed by atoms with E-state index in [2.05, 4.69) is 72.1 Å². The van der Waals surface area contributed by atoms with Crippen molar-refractivity contribution in [1.82, 2.24) is 4.90 Å². The van der Waals surface area contributed by atoms with Crippen molar-refractivity contribution in [3.8, 4) is 0 Å². The van der Waals surface area contributed by atoms with Crippen LogP contribution in [-0.4, -0.2) is 30.2 Å². The highest BCUT2D eigenvalue weighted by Crippen LogP contribution is 2.20. The molecule has 0 bridgehead atoms. The molecule has 3 heteroatoms. The third-order valence-corrected chi connectivity index (χ3v) is 3.60. The molecule has 18 heavy (non-hydrogen) atoms. The normalized spacial score (nSPS) is 25.3. The van der Waals surface area contributed by atoms with E-state index < -0.39 is 0 Å². The van der Waals surface area contributed by atoms with Gasteiger partial charge in [-0.15, -0.1) is 0 Å². The summed E-state index contributed by atoms with van der Waals surface area (Å²) in [5.74, 6) is 0. The zero-order chi connectivity index (χ0) is 13.1. The van der Waals surface area contributed by atoms with Gasteiger partial charge in [0.15, 0.2) is 0 Å². The fourth-order valence-electron chi connectivity index (χ4n) is 2.41. The predicted molar refractivity (Wildman–Crippen MR) is 79.4 cm³/mol. The molecular formula is C15H20BrNO. The summed E-state index contributed by atoms with van der Waals surface area (Å²) in [5.41, 5.74) is 2.55. The molecule has 0 N–H and O–H groups in total. The van der Waals surface area contributed by atoms with Crippen LogP contribution in [0.3, 0.4) is 0 Å². The summed E-state index contributed by atoms with van der Waals surface area (Å²) in [4.78, 5) is 2.36. The van der Waals surface area contributed by atoms with Crippen LogP contribution in [-0.2, 0) is 4.74 Å². The topological polar surface area (TPSA) is 12.5 Å². The Hall–Kier alpha value is -0.800. The first kappa shape index (κ1) is 13.6. The maximum atomic E-state index is 5.74. The molecule has 98 valence electrons. The molecule has 0 saturated carbocycles. The van der Waals surface area contributed by atoms with Crippen molar-refractivity contribution in [2.45, 2.75) is 33.0 Å². The molecule has 1 saturated heterocycles. The molecule has 0 spiro atoms. The molecule has 2 rings (SSSR count). The average Bonchev–Trinajstić information content (AvgIpc) is 2.27. The number of nitrogens with zero attached hydrogens (tertiary/aromatic N) is 1. The molecule has 0 aliphatic carbocycles. The van der Waals surface area contributed by atoms with Gasteiger partial charge in [0.2, 0.25) is 0 Å². The quantitative estimate of drug-likeness (QED) is 0.821. The van der Waals surface area contributed by atoms with Crippen LogP contribution in [0.1, 0.15) is 26.3 Å². The van der Waals surface area contributed by atoms with Gasteiger partial charge < -0.3 is 9.64 Å². The lowest BCUT2D eigenvalue weighted by Gasteiger charge is -2.35. The zero-order valence-corrected chi connectivity index (χ0v) is 12.8. The van der Waals surface area contributed by atoms with E-state index in [9.17, 15) is 0 Å². The van der Waals surface area contributed by atoms with Crippen molar-refractivity contribution in [2.75, 3.05) is 13.1 Å². The van der Waals surface area contributed by atoms with Gasteiger partial charge in [0, 0.05) is 23.8 Å². The molecule has 2 unspecified atom stereocenters. The molecule has 0 radical (unpaired) electrons. The van der Waals surface area contributed by atoms with Gasteiger partial charge in [0.25, 0.3) is 0 Å². The lowest BCUT2D eigenvalue weighted by molar-refractivity contribution is -0.0539. The van der Waals surface area contributed by atoms with Gasteiger partial charge in [0.1, 0.15) is 0 Å². The summed E-state index contributed by atoms with van der Waals surface area (Å²) in [6, 6.07) is 8.42. The zero-order valence-electron chi connectivity index (χ0n) is 11.2. The molecule has 1 heterocycles. The van der Waals surface area contributed by atoms with Gasteiger partial charge in [0.05, 0.1) is 12.2 Å². The number of morpholine rings is 1. The van der Waals surface area contributed by atoms with E-state index in [0.717, 1.165) is 17.6 Å². The van der Waals surface area contributed by atoms with E-state index in [1.807, 2.05) is 0 Å². The minimum Gasteiger partial charge on any atom is -0.372 e. The van der Waals surface area contributed by atoms with E-state index in [4.69, 9.17) is 4.74 Å². The van der Waals surface area contributed by atoms with Gasteiger partial charge >= 0.3 is 0 Å². The second-order valence-electron chi connectivity index (χ2n) is 5.03. The molecule has 2 nitrogen and oxygen atoms in total. The number of halogens is 1. The Balaban J connectivity index is 2.12. The Morgan fingerprint density at radius 2 is 2.00 bits per heavy atom. The standard InChI is InChI=1S/C15H20BrNO/c1-11(14-5-4-6-15(16)7-14)8-17-9-12(2)18-13(3)10-17/h4-8,12-13H,9-10H2,1-3H3. The summed E-state index contributed by atoms with van der Waals surface area (Å²) >= 11 is 3.51. The van der Waals surface area contributed by atoms with Crippen LogP contribution >= 0.6 is 15.9 Å². The minimum atomic E-state index is 0.306. The van der Waals surface area contributed by atoms with Crippen molar-refractivity contribution in [3.63, 3.8) is 0 Å². The Morgan fingerprint density at radius 1 is 1.33 bits per heavy atom. The number of hydrogen-bond donors (Lipinski definition) is 0. The Kier molecular flexibility index (Phi) is 4.46. The summed E-state index contributed by atoms with van der Waals surface area (Å²) in [7, 11) is 0. The van der Waals surface area contributed by atoms with E-state index >= 15 is 0 Å². The Bertz CT molecular complexity index is 434. The van der Waals surface area contributed by atoms with Crippen molar-refractivity contribution in [3.05, 3.63) is 40.5 Å². The number of allylic oxidation sites excluding steroid dienone is 1. The van der Waals surface area contributed by atoms with E-state index in [1.54, 1.807) is 0 Å².